The summed E-state index contributed by atoms with van der Waals surface area (Å²) in [5.74, 6) is 0.386. The van der Waals surface area contributed by atoms with E-state index in [9.17, 15) is 0 Å². The standard InChI is InChI=1S/C10H14N4O2/c1-10(5-15,6-16)14-9-3-2-7(12)8(4-11)13-9/h2-3,15-16H,5-6,12H2,1H3,(H,13,14). The molecule has 0 unspecified atom stereocenters. The van der Waals surface area contributed by atoms with Gasteiger partial charge >= 0.3 is 0 Å². The predicted molar refractivity (Wildman–Crippen MR) is 59.6 cm³/mol. The van der Waals surface area contributed by atoms with Crippen LogP contribution in [-0.2, 0) is 0 Å². The van der Waals surface area contributed by atoms with E-state index in [1.165, 1.54) is 0 Å². The molecule has 0 atom stereocenters. The second-order valence-electron chi connectivity index (χ2n) is 3.75. The van der Waals surface area contributed by atoms with E-state index < -0.39 is 5.54 Å². The van der Waals surface area contributed by atoms with Gasteiger partial charge in [-0.05, 0) is 19.1 Å². The third-order valence-corrected chi connectivity index (χ3v) is 2.16. The largest absolute Gasteiger partial charge is 0.396 e. The van der Waals surface area contributed by atoms with Crippen molar-refractivity contribution in [2.45, 2.75) is 12.5 Å². The Bertz CT molecular complexity index is 410. The number of hydrogen-bond donors (Lipinski definition) is 4. The molecular formula is C10H14N4O2. The fourth-order valence-corrected chi connectivity index (χ4v) is 1.07. The van der Waals surface area contributed by atoms with Crippen LogP contribution in [-0.4, -0.2) is 33.9 Å². The Morgan fingerprint density at radius 3 is 2.62 bits per heavy atom. The molecule has 0 amide bonds. The monoisotopic (exact) mass is 222 g/mol. The summed E-state index contributed by atoms with van der Waals surface area (Å²) in [5, 5.41) is 29.8. The minimum absolute atomic E-state index is 0.114. The lowest BCUT2D eigenvalue weighted by Gasteiger charge is -2.26. The molecule has 0 bridgehead atoms. The summed E-state index contributed by atoms with van der Waals surface area (Å²) in [6.07, 6.45) is 0. The van der Waals surface area contributed by atoms with Crippen LogP contribution in [0.3, 0.4) is 0 Å². The molecule has 0 saturated carbocycles. The number of nitrogens with one attached hydrogen (secondary N) is 1. The lowest BCUT2D eigenvalue weighted by molar-refractivity contribution is 0.147. The Labute approximate surface area is 93.3 Å². The molecule has 0 fully saturated rings. The number of aliphatic hydroxyl groups excluding tert-OH is 2. The molecule has 1 rings (SSSR count). The number of hydrogen-bond acceptors (Lipinski definition) is 6. The quantitative estimate of drug-likeness (QED) is 0.555. The first-order valence-electron chi connectivity index (χ1n) is 4.71. The Morgan fingerprint density at radius 1 is 1.50 bits per heavy atom. The number of anilines is 2. The fourth-order valence-electron chi connectivity index (χ4n) is 1.07. The predicted octanol–water partition coefficient (Wildman–Crippen LogP) is -0.309. The maximum Gasteiger partial charge on any atom is 0.165 e. The van der Waals surface area contributed by atoms with E-state index in [0.29, 0.717) is 11.5 Å². The van der Waals surface area contributed by atoms with Crippen molar-refractivity contribution in [2.75, 3.05) is 24.3 Å². The van der Waals surface area contributed by atoms with Gasteiger partial charge in [0.05, 0.1) is 24.4 Å². The Kier molecular flexibility index (Phi) is 3.66. The van der Waals surface area contributed by atoms with Crippen molar-refractivity contribution < 1.29 is 10.2 Å². The highest BCUT2D eigenvalue weighted by Crippen LogP contribution is 2.16. The van der Waals surface area contributed by atoms with Gasteiger partial charge in [0.2, 0.25) is 0 Å². The minimum atomic E-state index is -0.879. The van der Waals surface area contributed by atoms with Gasteiger partial charge in [-0.2, -0.15) is 5.26 Å². The van der Waals surface area contributed by atoms with E-state index in [0.717, 1.165) is 0 Å². The topological polar surface area (TPSA) is 115 Å². The van der Waals surface area contributed by atoms with Crippen molar-refractivity contribution in [3.8, 4) is 6.07 Å². The van der Waals surface area contributed by atoms with Gasteiger partial charge in [0, 0.05) is 0 Å². The Balaban J connectivity index is 2.95. The highest BCUT2D eigenvalue weighted by molar-refractivity contribution is 5.55. The highest BCUT2D eigenvalue weighted by atomic mass is 16.3. The maximum absolute atomic E-state index is 9.09. The normalized spacial score (nSPS) is 10.9. The first kappa shape index (κ1) is 12.2. The fraction of sp³-hybridized carbons (Fsp3) is 0.400. The summed E-state index contributed by atoms with van der Waals surface area (Å²) >= 11 is 0. The summed E-state index contributed by atoms with van der Waals surface area (Å²) in [6, 6.07) is 4.98. The summed E-state index contributed by atoms with van der Waals surface area (Å²) in [5.41, 5.74) is 5.05. The number of rotatable bonds is 4. The Hall–Kier alpha value is -1.84. The van der Waals surface area contributed by atoms with Crippen LogP contribution in [0.15, 0.2) is 12.1 Å². The van der Waals surface area contributed by atoms with Crippen LogP contribution in [0.2, 0.25) is 0 Å². The molecule has 6 heteroatoms. The molecular weight excluding hydrogens is 208 g/mol. The van der Waals surface area contributed by atoms with Crippen molar-refractivity contribution in [3.05, 3.63) is 17.8 Å². The van der Waals surface area contributed by atoms with Gasteiger partial charge in [0.15, 0.2) is 5.69 Å². The van der Waals surface area contributed by atoms with Crippen LogP contribution in [0.4, 0.5) is 11.5 Å². The Morgan fingerprint density at radius 2 is 2.12 bits per heavy atom. The van der Waals surface area contributed by atoms with Gasteiger partial charge < -0.3 is 21.3 Å². The molecule has 0 aromatic carbocycles. The van der Waals surface area contributed by atoms with Crippen LogP contribution in [0.25, 0.3) is 0 Å². The molecule has 0 radical (unpaired) electrons. The molecule has 1 aromatic heterocycles. The summed E-state index contributed by atoms with van der Waals surface area (Å²) < 4.78 is 0. The van der Waals surface area contributed by atoms with Crippen LogP contribution < -0.4 is 11.1 Å². The van der Waals surface area contributed by atoms with Crippen molar-refractivity contribution in [3.63, 3.8) is 0 Å². The van der Waals surface area contributed by atoms with E-state index in [-0.39, 0.29) is 18.9 Å². The molecule has 0 spiro atoms. The highest BCUT2D eigenvalue weighted by Gasteiger charge is 2.22. The summed E-state index contributed by atoms with van der Waals surface area (Å²) in [7, 11) is 0. The second-order valence-corrected chi connectivity index (χ2v) is 3.75. The molecule has 0 aliphatic rings. The number of aromatic nitrogens is 1. The van der Waals surface area contributed by atoms with Gasteiger partial charge in [-0.15, -0.1) is 0 Å². The smallest absolute Gasteiger partial charge is 0.165 e. The van der Waals surface area contributed by atoms with Crippen LogP contribution in [0, 0.1) is 11.3 Å². The number of nitrogen functional groups attached to an aromatic ring is 1. The van der Waals surface area contributed by atoms with Crippen LogP contribution in [0.5, 0.6) is 0 Å². The molecule has 16 heavy (non-hydrogen) atoms. The molecule has 0 saturated heterocycles. The van der Waals surface area contributed by atoms with Crippen molar-refractivity contribution in [1.82, 2.24) is 4.98 Å². The van der Waals surface area contributed by atoms with Crippen molar-refractivity contribution >= 4 is 11.5 Å². The van der Waals surface area contributed by atoms with Gasteiger partial charge in [-0.1, -0.05) is 0 Å². The summed E-state index contributed by atoms with van der Waals surface area (Å²) in [4.78, 5) is 3.95. The van der Waals surface area contributed by atoms with Gasteiger partial charge in [-0.3, -0.25) is 0 Å². The first-order valence-corrected chi connectivity index (χ1v) is 4.71. The van der Waals surface area contributed by atoms with Gasteiger partial charge in [0.25, 0.3) is 0 Å². The molecule has 1 aromatic rings. The number of nitriles is 1. The zero-order valence-corrected chi connectivity index (χ0v) is 8.94. The van der Waals surface area contributed by atoms with Crippen LogP contribution >= 0.6 is 0 Å². The SMILES string of the molecule is CC(CO)(CO)Nc1ccc(N)c(C#N)n1. The van der Waals surface area contributed by atoms with Gasteiger partial charge in [0.1, 0.15) is 11.9 Å². The van der Waals surface area contributed by atoms with Crippen LogP contribution in [0.1, 0.15) is 12.6 Å². The second kappa shape index (κ2) is 4.79. The average Bonchev–Trinajstić information content (AvgIpc) is 2.31. The van der Waals surface area contributed by atoms with E-state index >= 15 is 0 Å². The minimum Gasteiger partial charge on any atom is -0.396 e. The maximum atomic E-state index is 9.09. The van der Waals surface area contributed by atoms with Crippen molar-refractivity contribution in [1.29, 1.82) is 5.26 Å². The van der Waals surface area contributed by atoms with E-state index in [4.69, 9.17) is 21.2 Å². The zero-order chi connectivity index (χ0) is 12.2. The van der Waals surface area contributed by atoms with E-state index in [1.54, 1.807) is 19.1 Å². The first-order chi connectivity index (χ1) is 7.54. The van der Waals surface area contributed by atoms with E-state index in [2.05, 4.69) is 10.3 Å². The summed E-state index contributed by atoms with van der Waals surface area (Å²) in [6.45, 7) is 1.13. The number of pyridine rings is 1. The molecule has 6 nitrogen and oxygen atoms in total. The molecule has 5 N–H and O–H groups in total. The van der Waals surface area contributed by atoms with Gasteiger partial charge in [-0.25, -0.2) is 4.98 Å². The van der Waals surface area contributed by atoms with Crippen molar-refractivity contribution in [2.24, 2.45) is 0 Å². The zero-order valence-electron chi connectivity index (χ0n) is 8.94. The number of nitrogens with two attached hydrogens (primary N) is 1. The molecule has 0 aliphatic carbocycles. The lowest BCUT2D eigenvalue weighted by Crippen LogP contribution is -2.42. The molecule has 1 heterocycles. The third kappa shape index (κ3) is 2.59. The average molecular weight is 222 g/mol. The lowest BCUT2D eigenvalue weighted by atomic mass is 10.1. The number of aliphatic hydroxyl groups is 2. The molecule has 86 valence electrons. The number of nitrogens with zero attached hydrogens (tertiary/aromatic N) is 2. The molecule has 0 aliphatic heterocycles. The third-order valence-electron chi connectivity index (χ3n) is 2.16. The van der Waals surface area contributed by atoms with E-state index in [1.807, 2.05) is 6.07 Å².